The SMILES string of the molecule is O=C(C1CCOCC1)N1C[C@H]2C[C@H](Nc3nnc(-c4cc(F)cc(F)c4F)cc3C(F)(F)F)C[C@H]2C1. The van der Waals surface area contributed by atoms with Gasteiger partial charge >= 0.3 is 6.18 Å². The maximum absolute atomic E-state index is 14.1. The van der Waals surface area contributed by atoms with Crippen LogP contribution in [-0.4, -0.2) is 53.3 Å². The number of ether oxygens (including phenoxy) is 1. The Bertz CT molecular complexity index is 1140. The molecular formula is C24H24F6N4O2. The molecular weight excluding hydrogens is 490 g/mol. The van der Waals surface area contributed by atoms with Crippen LogP contribution in [-0.2, 0) is 15.7 Å². The minimum absolute atomic E-state index is 0.0361. The molecule has 1 saturated carbocycles. The molecule has 3 aliphatic rings. The van der Waals surface area contributed by atoms with E-state index in [1.165, 1.54) is 0 Å². The summed E-state index contributed by atoms with van der Waals surface area (Å²) < 4.78 is 88.0. The largest absolute Gasteiger partial charge is 0.420 e. The Morgan fingerprint density at radius 3 is 2.31 bits per heavy atom. The first kappa shape index (κ1) is 24.8. The van der Waals surface area contributed by atoms with Gasteiger partial charge in [-0.1, -0.05) is 0 Å². The number of benzene rings is 1. The minimum atomic E-state index is -4.86. The van der Waals surface area contributed by atoms with Gasteiger partial charge < -0.3 is 15.0 Å². The van der Waals surface area contributed by atoms with Crippen molar-refractivity contribution >= 4 is 11.7 Å². The number of anilines is 1. The molecule has 3 fully saturated rings. The van der Waals surface area contributed by atoms with Crippen molar-refractivity contribution < 1.29 is 35.9 Å². The summed E-state index contributed by atoms with van der Waals surface area (Å²) in [5, 5.41) is 10.0. The predicted octanol–water partition coefficient (Wildman–Crippen LogP) is 4.66. The highest BCUT2D eigenvalue weighted by molar-refractivity contribution is 5.79. The molecule has 1 aliphatic carbocycles. The summed E-state index contributed by atoms with van der Waals surface area (Å²) in [6.07, 6.45) is -2.33. The highest BCUT2D eigenvalue weighted by Crippen LogP contribution is 2.42. The molecule has 12 heteroatoms. The average Bonchev–Trinajstić information content (AvgIpc) is 3.40. The van der Waals surface area contributed by atoms with Crippen molar-refractivity contribution in [2.24, 2.45) is 17.8 Å². The van der Waals surface area contributed by atoms with Gasteiger partial charge in [0.2, 0.25) is 5.91 Å². The number of hydrogen-bond donors (Lipinski definition) is 1. The first-order valence-corrected chi connectivity index (χ1v) is 11.8. The third-order valence-electron chi connectivity index (χ3n) is 7.34. The molecule has 2 aliphatic heterocycles. The molecule has 3 atom stereocenters. The number of hydrogen-bond acceptors (Lipinski definition) is 5. The summed E-state index contributed by atoms with van der Waals surface area (Å²) in [7, 11) is 0. The Labute approximate surface area is 203 Å². The molecule has 0 spiro atoms. The fraction of sp³-hybridized carbons (Fsp3) is 0.542. The van der Waals surface area contributed by atoms with Crippen molar-refractivity contribution in [3.05, 3.63) is 41.2 Å². The van der Waals surface area contributed by atoms with Gasteiger partial charge in [0.15, 0.2) is 17.5 Å². The van der Waals surface area contributed by atoms with Crippen LogP contribution in [0.5, 0.6) is 0 Å². The van der Waals surface area contributed by atoms with Crippen molar-refractivity contribution in [1.29, 1.82) is 0 Å². The maximum atomic E-state index is 14.1. The number of likely N-dealkylation sites (tertiary alicyclic amines) is 1. The van der Waals surface area contributed by atoms with Crippen LogP contribution < -0.4 is 5.32 Å². The monoisotopic (exact) mass is 514 g/mol. The third-order valence-corrected chi connectivity index (χ3v) is 7.34. The summed E-state index contributed by atoms with van der Waals surface area (Å²) >= 11 is 0. The quantitative estimate of drug-likeness (QED) is 0.475. The Kier molecular flexibility index (Phi) is 6.56. The zero-order valence-electron chi connectivity index (χ0n) is 19.1. The molecule has 36 heavy (non-hydrogen) atoms. The topological polar surface area (TPSA) is 67.3 Å². The van der Waals surface area contributed by atoms with Gasteiger partial charge in [0, 0.05) is 49.9 Å². The van der Waals surface area contributed by atoms with E-state index in [1.807, 2.05) is 4.90 Å². The molecule has 2 aromatic rings. The van der Waals surface area contributed by atoms with E-state index in [-0.39, 0.29) is 29.7 Å². The molecule has 5 rings (SSSR count). The van der Waals surface area contributed by atoms with E-state index in [1.54, 1.807) is 0 Å². The number of aromatic nitrogens is 2. The molecule has 194 valence electrons. The Morgan fingerprint density at radius 2 is 1.67 bits per heavy atom. The lowest BCUT2D eigenvalue weighted by molar-refractivity contribution is -0.138. The van der Waals surface area contributed by atoms with Gasteiger partial charge in [-0.3, -0.25) is 4.79 Å². The molecule has 1 aromatic heterocycles. The number of halogens is 6. The van der Waals surface area contributed by atoms with Crippen molar-refractivity contribution in [2.45, 2.75) is 37.9 Å². The molecule has 2 saturated heterocycles. The lowest BCUT2D eigenvalue weighted by atomic mass is 9.98. The van der Waals surface area contributed by atoms with Crippen LogP contribution in [0.3, 0.4) is 0 Å². The van der Waals surface area contributed by atoms with Crippen LogP contribution in [0.1, 0.15) is 31.2 Å². The fourth-order valence-corrected chi connectivity index (χ4v) is 5.58. The number of rotatable bonds is 4. The first-order valence-electron chi connectivity index (χ1n) is 11.8. The highest BCUT2D eigenvalue weighted by atomic mass is 19.4. The van der Waals surface area contributed by atoms with Crippen molar-refractivity contribution in [3.63, 3.8) is 0 Å². The van der Waals surface area contributed by atoms with E-state index in [9.17, 15) is 31.1 Å². The van der Waals surface area contributed by atoms with Gasteiger partial charge in [0.25, 0.3) is 0 Å². The van der Waals surface area contributed by atoms with Crippen LogP contribution in [0.4, 0.5) is 32.2 Å². The van der Waals surface area contributed by atoms with Gasteiger partial charge in [-0.25, -0.2) is 13.2 Å². The summed E-state index contributed by atoms with van der Waals surface area (Å²) in [6, 6.07) is 1.09. The van der Waals surface area contributed by atoms with Crippen LogP contribution in [0.2, 0.25) is 0 Å². The highest BCUT2D eigenvalue weighted by Gasteiger charge is 2.44. The fourth-order valence-electron chi connectivity index (χ4n) is 5.58. The number of carbonyl (C=O) groups is 1. The molecule has 3 heterocycles. The van der Waals surface area contributed by atoms with Gasteiger partial charge in [0.05, 0.1) is 5.69 Å². The molecule has 0 bridgehead atoms. The second-order valence-electron chi connectivity index (χ2n) is 9.70. The Hall–Kier alpha value is -2.89. The molecule has 1 N–H and O–H groups in total. The number of amides is 1. The van der Waals surface area contributed by atoms with Crippen molar-refractivity contribution in [3.8, 4) is 11.3 Å². The zero-order chi connectivity index (χ0) is 25.6. The number of carbonyl (C=O) groups excluding carboxylic acids is 1. The molecule has 1 amide bonds. The normalized spacial score (nSPS) is 24.7. The van der Waals surface area contributed by atoms with Crippen molar-refractivity contribution in [1.82, 2.24) is 15.1 Å². The van der Waals surface area contributed by atoms with Crippen LogP contribution in [0.15, 0.2) is 18.2 Å². The second kappa shape index (κ2) is 9.53. The summed E-state index contributed by atoms with van der Waals surface area (Å²) in [5.74, 6) is -4.31. The number of nitrogens with zero attached hydrogens (tertiary/aromatic N) is 3. The lowest BCUT2D eigenvalue weighted by Crippen LogP contribution is -2.38. The van der Waals surface area contributed by atoms with Crippen LogP contribution >= 0.6 is 0 Å². The van der Waals surface area contributed by atoms with Crippen LogP contribution in [0.25, 0.3) is 11.3 Å². The van der Waals surface area contributed by atoms with E-state index in [0.717, 1.165) is 0 Å². The third kappa shape index (κ3) is 4.87. The Balaban J connectivity index is 1.29. The average molecular weight is 514 g/mol. The van der Waals surface area contributed by atoms with E-state index < -0.39 is 46.3 Å². The van der Waals surface area contributed by atoms with E-state index in [2.05, 4.69) is 15.5 Å². The summed E-state index contributed by atoms with van der Waals surface area (Å²) in [5.41, 5.74) is -2.58. The van der Waals surface area contributed by atoms with E-state index >= 15 is 0 Å². The van der Waals surface area contributed by atoms with E-state index in [4.69, 9.17) is 4.74 Å². The summed E-state index contributed by atoms with van der Waals surface area (Å²) in [6.45, 7) is 2.29. The van der Waals surface area contributed by atoms with Gasteiger partial charge in [-0.15, -0.1) is 10.2 Å². The van der Waals surface area contributed by atoms with Gasteiger partial charge in [0.1, 0.15) is 11.4 Å². The molecule has 6 nitrogen and oxygen atoms in total. The maximum Gasteiger partial charge on any atom is 0.420 e. The minimum Gasteiger partial charge on any atom is -0.381 e. The number of fused-ring (bicyclic) bond motifs is 1. The number of alkyl halides is 3. The van der Waals surface area contributed by atoms with E-state index in [0.29, 0.717) is 70.2 Å². The lowest BCUT2D eigenvalue weighted by Gasteiger charge is -2.27. The second-order valence-corrected chi connectivity index (χ2v) is 9.70. The Morgan fingerprint density at radius 1 is 1.00 bits per heavy atom. The smallest absolute Gasteiger partial charge is 0.381 e. The summed E-state index contributed by atoms with van der Waals surface area (Å²) in [4.78, 5) is 14.7. The zero-order valence-corrected chi connectivity index (χ0v) is 19.1. The van der Waals surface area contributed by atoms with Gasteiger partial charge in [-0.05, 0) is 49.7 Å². The number of nitrogens with one attached hydrogen (secondary N) is 1. The van der Waals surface area contributed by atoms with Crippen LogP contribution in [0, 0.1) is 35.2 Å². The van der Waals surface area contributed by atoms with Crippen molar-refractivity contribution in [2.75, 3.05) is 31.6 Å². The molecule has 1 aromatic carbocycles. The van der Waals surface area contributed by atoms with Gasteiger partial charge in [-0.2, -0.15) is 13.2 Å². The molecule has 0 unspecified atom stereocenters. The molecule has 0 radical (unpaired) electrons. The predicted molar refractivity (Wildman–Crippen MR) is 116 cm³/mol. The standard InChI is InChI=1S/C24H24F6N4O2/c25-15-7-17(21(27)19(26)8-15)20-9-18(24(28,29)30)22(33-32-20)31-16-5-13-10-34(11-14(13)6-16)23(35)12-1-3-36-4-2-12/h7-9,12-14,16H,1-6,10-11H2,(H,31,33)/t13-,14+,16+. The first-order chi connectivity index (χ1) is 17.1.